The van der Waals surface area contributed by atoms with Crippen LogP contribution in [0.3, 0.4) is 0 Å². The standard InChI is InChI=1S/C28H23NO4/c1-28(2,3)18-10-7-16(8-11-18)17-9-13-24(22(29)15-17)32-23-14-12-21-25-19(23)5-4-6-20(25)26(30)33-27(21)31/h4-15H,29H2,1-3H3. The number of ether oxygens (including phenoxy) is 2. The maximum absolute atomic E-state index is 12.2. The molecule has 5 nitrogen and oxygen atoms in total. The third-order valence-electron chi connectivity index (χ3n) is 5.94. The van der Waals surface area contributed by atoms with E-state index in [1.165, 1.54) is 5.56 Å². The number of hydrogen-bond donors (Lipinski definition) is 1. The molecule has 1 aliphatic heterocycles. The number of carbonyl (C=O) groups is 2. The summed E-state index contributed by atoms with van der Waals surface area (Å²) >= 11 is 0. The zero-order valence-electron chi connectivity index (χ0n) is 18.6. The maximum atomic E-state index is 12.2. The van der Waals surface area contributed by atoms with Crippen molar-refractivity contribution in [3.05, 3.63) is 89.5 Å². The van der Waals surface area contributed by atoms with Gasteiger partial charge in [-0.1, -0.05) is 63.2 Å². The Morgan fingerprint density at radius 1 is 0.758 bits per heavy atom. The minimum absolute atomic E-state index is 0.0925. The lowest BCUT2D eigenvalue weighted by atomic mass is 9.86. The zero-order valence-corrected chi connectivity index (χ0v) is 18.6. The molecule has 0 amide bonds. The van der Waals surface area contributed by atoms with Gasteiger partial charge in [0.05, 0.1) is 16.8 Å². The fourth-order valence-corrected chi connectivity index (χ4v) is 4.11. The highest BCUT2D eigenvalue weighted by molar-refractivity contribution is 6.21. The highest BCUT2D eigenvalue weighted by Crippen LogP contribution is 2.39. The molecule has 0 bridgehead atoms. The van der Waals surface area contributed by atoms with Crippen LogP contribution in [0.5, 0.6) is 11.5 Å². The lowest BCUT2D eigenvalue weighted by molar-refractivity contribution is 0.0391. The minimum atomic E-state index is -0.656. The molecule has 2 N–H and O–H groups in total. The van der Waals surface area contributed by atoms with Crippen LogP contribution in [0, 0.1) is 0 Å². The summed E-state index contributed by atoms with van der Waals surface area (Å²) in [5, 5.41) is 1.18. The quantitative estimate of drug-likeness (QED) is 0.225. The van der Waals surface area contributed by atoms with Crippen LogP contribution in [-0.4, -0.2) is 11.9 Å². The summed E-state index contributed by atoms with van der Waals surface area (Å²) < 4.78 is 11.0. The van der Waals surface area contributed by atoms with Crippen LogP contribution in [-0.2, 0) is 10.2 Å². The van der Waals surface area contributed by atoms with Crippen LogP contribution in [0.25, 0.3) is 21.9 Å². The number of nitrogens with two attached hydrogens (primary N) is 1. The van der Waals surface area contributed by atoms with Gasteiger partial charge in [-0.15, -0.1) is 0 Å². The average Bonchev–Trinajstić information content (AvgIpc) is 2.79. The van der Waals surface area contributed by atoms with Gasteiger partial charge in [0.1, 0.15) is 11.5 Å². The number of carbonyl (C=O) groups excluding carboxylic acids is 2. The van der Waals surface area contributed by atoms with Crippen molar-refractivity contribution in [1.82, 2.24) is 0 Å². The van der Waals surface area contributed by atoms with E-state index in [4.69, 9.17) is 15.2 Å². The number of hydrogen-bond acceptors (Lipinski definition) is 5. The summed E-state index contributed by atoms with van der Waals surface area (Å²) in [5.41, 5.74) is 10.9. The molecular formula is C28H23NO4. The molecule has 1 aliphatic rings. The van der Waals surface area contributed by atoms with Gasteiger partial charge in [0.15, 0.2) is 0 Å². The largest absolute Gasteiger partial charge is 0.455 e. The van der Waals surface area contributed by atoms with E-state index in [1.54, 1.807) is 24.3 Å². The molecule has 4 aromatic carbocycles. The molecule has 5 rings (SSSR count). The van der Waals surface area contributed by atoms with Crippen LogP contribution in [0.15, 0.2) is 72.8 Å². The minimum Gasteiger partial charge on any atom is -0.455 e. The molecule has 0 fully saturated rings. The Labute approximate surface area is 191 Å². The van der Waals surface area contributed by atoms with Crippen LogP contribution in [0.1, 0.15) is 47.1 Å². The second-order valence-corrected chi connectivity index (χ2v) is 9.20. The Balaban J connectivity index is 1.49. The maximum Gasteiger partial charge on any atom is 0.346 e. The fraction of sp³-hybridized carbons (Fsp3) is 0.143. The molecule has 33 heavy (non-hydrogen) atoms. The smallest absolute Gasteiger partial charge is 0.346 e. The van der Waals surface area contributed by atoms with Crippen LogP contribution < -0.4 is 10.5 Å². The SMILES string of the molecule is CC(C)(C)c1ccc(-c2ccc(Oc3ccc4c5c(cccc35)C(=O)OC4=O)c(N)c2)cc1. The van der Waals surface area contributed by atoms with Gasteiger partial charge in [0.25, 0.3) is 0 Å². The first-order valence-electron chi connectivity index (χ1n) is 10.7. The van der Waals surface area contributed by atoms with E-state index in [2.05, 4.69) is 45.0 Å². The number of cyclic esters (lactones) is 2. The first-order chi connectivity index (χ1) is 15.7. The first kappa shape index (κ1) is 20.8. The van der Waals surface area contributed by atoms with Gasteiger partial charge in [-0.25, -0.2) is 9.59 Å². The number of rotatable bonds is 3. The van der Waals surface area contributed by atoms with Crippen molar-refractivity contribution in [2.45, 2.75) is 26.2 Å². The Morgan fingerprint density at radius 2 is 1.39 bits per heavy atom. The van der Waals surface area contributed by atoms with Gasteiger partial charge in [0, 0.05) is 10.8 Å². The molecule has 0 atom stereocenters. The summed E-state index contributed by atoms with van der Waals surface area (Å²) in [6, 6.07) is 22.6. The van der Waals surface area contributed by atoms with Crippen molar-refractivity contribution in [3.8, 4) is 22.6 Å². The predicted molar refractivity (Wildman–Crippen MR) is 129 cm³/mol. The number of anilines is 1. The van der Waals surface area contributed by atoms with E-state index < -0.39 is 11.9 Å². The van der Waals surface area contributed by atoms with Crippen molar-refractivity contribution >= 4 is 28.4 Å². The molecule has 0 saturated carbocycles. The molecule has 0 radical (unpaired) electrons. The topological polar surface area (TPSA) is 78.6 Å². The predicted octanol–water partition coefficient (Wildman–Crippen LogP) is 6.49. The van der Waals surface area contributed by atoms with Crippen molar-refractivity contribution < 1.29 is 19.1 Å². The van der Waals surface area contributed by atoms with E-state index in [1.807, 2.05) is 24.3 Å². The summed E-state index contributed by atoms with van der Waals surface area (Å²) in [5.74, 6) is -0.309. The van der Waals surface area contributed by atoms with E-state index in [9.17, 15) is 9.59 Å². The van der Waals surface area contributed by atoms with E-state index in [0.29, 0.717) is 39.1 Å². The average molecular weight is 437 g/mol. The Hall–Kier alpha value is -4.12. The Morgan fingerprint density at radius 3 is 2.06 bits per heavy atom. The Bertz CT molecular complexity index is 1410. The summed E-state index contributed by atoms with van der Waals surface area (Å²) in [4.78, 5) is 24.3. The van der Waals surface area contributed by atoms with Gasteiger partial charge in [-0.3, -0.25) is 0 Å². The molecule has 0 unspecified atom stereocenters. The normalized spacial score (nSPS) is 13.2. The lowest BCUT2D eigenvalue weighted by Crippen LogP contribution is -2.19. The molecule has 0 spiro atoms. The molecule has 0 aromatic heterocycles. The number of benzene rings is 4. The van der Waals surface area contributed by atoms with E-state index >= 15 is 0 Å². The van der Waals surface area contributed by atoms with Crippen molar-refractivity contribution in [2.75, 3.05) is 5.73 Å². The summed E-state index contributed by atoms with van der Waals surface area (Å²) in [6.07, 6.45) is 0. The molecule has 0 aliphatic carbocycles. The second-order valence-electron chi connectivity index (χ2n) is 9.20. The highest BCUT2D eigenvalue weighted by Gasteiger charge is 2.28. The molecule has 0 saturated heterocycles. The van der Waals surface area contributed by atoms with E-state index in [0.717, 1.165) is 11.1 Å². The van der Waals surface area contributed by atoms with Gasteiger partial charge >= 0.3 is 11.9 Å². The summed E-state index contributed by atoms with van der Waals surface area (Å²) in [7, 11) is 0. The number of esters is 2. The molecule has 4 aromatic rings. The highest BCUT2D eigenvalue weighted by atomic mass is 16.6. The third-order valence-corrected chi connectivity index (χ3v) is 5.94. The monoisotopic (exact) mass is 437 g/mol. The van der Waals surface area contributed by atoms with E-state index in [-0.39, 0.29) is 5.41 Å². The lowest BCUT2D eigenvalue weighted by Gasteiger charge is -2.19. The summed E-state index contributed by atoms with van der Waals surface area (Å²) in [6.45, 7) is 6.56. The molecule has 5 heteroatoms. The van der Waals surface area contributed by atoms with Crippen LogP contribution in [0.2, 0.25) is 0 Å². The Kier molecular flexibility index (Phi) is 4.71. The molecular weight excluding hydrogens is 414 g/mol. The molecule has 1 heterocycles. The fourth-order valence-electron chi connectivity index (χ4n) is 4.11. The van der Waals surface area contributed by atoms with Crippen molar-refractivity contribution in [2.24, 2.45) is 0 Å². The number of nitrogen functional groups attached to an aromatic ring is 1. The van der Waals surface area contributed by atoms with Crippen molar-refractivity contribution in [1.29, 1.82) is 0 Å². The van der Waals surface area contributed by atoms with Crippen LogP contribution in [0.4, 0.5) is 5.69 Å². The van der Waals surface area contributed by atoms with Gasteiger partial charge in [-0.05, 0) is 52.4 Å². The van der Waals surface area contributed by atoms with Crippen LogP contribution >= 0.6 is 0 Å². The third kappa shape index (κ3) is 3.61. The van der Waals surface area contributed by atoms with Gasteiger partial charge in [0.2, 0.25) is 0 Å². The first-order valence-corrected chi connectivity index (χ1v) is 10.7. The second kappa shape index (κ2) is 7.48. The zero-order chi connectivity index (χ0) is 23.3. The van der Waals surface area contributed by atoms with Crippen molar-refractivity contribution in [3.63, 3.8) is 0 Å². The van der Waals surface area contributed by atoms with Gasteiger partial charge in [-0.2, -0.15) is 0 Å². The van der Waals surface area contributed by atoms with Gasteiger partial charge < -0.3 is 15.2 Å². The molecule has 164 valence electrons.